The Labute approximate surface area is 118 Å². The van der Waals surface area contributed by atoms with Crippen LogP contribution in [-0.2, 0) is 10.0 Å². The Morgan fingerprint density at radius 2 is 1.80 bits per heavy atom. The molecule has 0 aliphatic carbocycles. The van der Waals surface area contributed by atoms with Crippen molar-refractivity contribution in [2.24, 2.45) is 0 Å². The number of aryl methyl sites for hydroxylation is 1. The summed E-state index contributed by atoms with van der Waals surface area (Å²) in [5.74, 6) is 0. The van der Waals surface area contributed by atoms with Crippen molar-refractivity contribution in [3.05, 3.63) is 59.2 Å². The van der Waals surface area contributed by atoms with Gasteiger partial charge in [-0.15, -0.1) is 0 Å². The SMILES string of the molecule is Cc1ccc2c(c1)S(=O)(=O)N(C)c1ccccc1C2O. The number of fused-ring (bicyclic) bond motifs is 2. The normalized spacial score (nSPS) is 19.9. The highest BCUT2D eigenvalue weighted by Crippen LogP contribution is 2.39. The van der Waals surface area contributed by atoms with Crippen molar-refractivity contribution in [3.63, 3.8) is 0 Å². The zero-order valence-electron chi connectivity index (χ0n) is 11.2. The zero-order valence-corrected chi connectivity index (χ0v) is 12.1. The molecule has 104 valence electrons. The monoisotopic (exact) mass is 289 g/mol. The van der Waals surface area contributed by atoms with E-state index in [4.69, 9.17) is 0 Å². The van der Waals surface area contributed by atoms with Crippen LogP contribution in [0.2, 0.25) is 0 Å². The third-order valence-corrected chi connectivity index (χ3v) is 5.50. The molecule has 0 fully saturated rings. The van der Waals surface area contributed by atoms with Crippen molar-refractivity contribution in [2.75, 3.05) is 11.4 Å². The van der Waals surface area contributed by atoms with Crippen molar-refractivity contribution in [3.8, 4) is 0 Å². The predicted molar refractivity (Wildman–Crippen MR) is 77.3 cm³/mol. The molecular weight excluding hydrogens is 274 g/mol. The highest BCUT2D eigenvalue weighted by atomic mass is 32.2. The summed E-state index contributed by atoms with van der Waals surface area (Å²) in [5.41, 5.74) is 2.38. The van der Waals surface area contributed by atoms with Crippen LogP contribution >= 0.6 is 0 Å². The lowest BCUT2D eigenvalue weighted by atomic mass is 9.99. The molecule has 0 saturated heterocycles. The second-order valence-corrected chi connectivity index (χ2v) is 6.91. The van der Waals surface area contributed by atoms with E-state index in [-0.39, 0.29) is 4.90 Å². The minimum absolute atomic E-state index is 0.170. The Balaban J connectivity index is 2.41. The van der Waals surface area contributed by atoms with Crippen molar-refractivity contribution in [1.82, 2.24) is 0 Å². The van der Waals surface area contributed by atoms with Crippen LogP contribution in [0.1, 0.15) is 22.8 Å². The molecule has 0 aromatic heterocycles. The number of anilines is 1. The summed E-state index contributed by atoms with van der Waals surface area (Å²) in [5, 5.41) is 10.5. The summed E-state index contributed by atoms with van der Waals surface area (Å²) in [6.07, 6.45) is -0.943. The van der Waals surface area contributed by atoms with Crippen molar-refractivity contribution >= 4 is 15.7 Å². The standard InChI is InChI=1S/C15H15NO3S/c1-10-7-8-12-14(9-10)20(18,19)16(2)13-6-4-3-5-11(13)15(12)17/h3-9,15,17H,1-2H3. The fourth-order valence-corrected chi connectivity index (χ4v) is 4.07. The highest BCUT2D eigenvalue weighted by Gasteiger charge is 2.33. The van der Waals surface area contributed by atoms with Crippen LogP contribution in [0.5, 0.6) is 0 Å². The summed E-state index contributed by atoms with van der Waals surface area (Å²) in [7, 11) is -2.14. The van der Waals surface area contributed by atoms with Crippen LogP contribution in [0, 0.1) is 6.92 Å². The summed E-state index contributed by atoms with van der Waals surface area (Å²) in [6.45, 7) is 1.83. The molecule has 5 heteroatoms. The lowest BCUT2D eigenvalue weighted by Gasteiger charge is -2.19. The van der Waals surface area contributed by atoms with Gasteiger partial charge in [0.05, 0.1) is 10.6 Å². The molecule has 1 atom stereocenters. The van der Waals surface area contributed by atoms with E-state index >= 15 is 0 Å². The maximum atomic E-state index is 12.7. The second-order valence-electron chi connectivity index (χ2n) is 4.98. The number of hydrogen-bond acceptors (Lipinski definition) is 3. The molecule has 0 bridgehead atoms. The average molecular weight is 289 g/mol. The zero-order chi connectivity index (χ0) is 14.5. The molecule has 1 unspecified atom stereocenters. The summed E-state index contributed by atoms with van der Waals surface area (Å²) < 4.78 is 26.6. The Hall–Kier alpha value is -1.85. The maximum absolute atomic E-state index is 12.7. The summed E-state index contributed by atoms with van der Waals surface area (Å²) >= 11 is 0. The van der Waals surface area contributed by atoms with Gasteiger partial charge in [-0.1, -0.05) is 30.3 Å². The molecule has 20 heavy (non-hydrogen) atoms. The van der Waals surface area contributed by atoms with Gasteiger partial charge in [0.15, 0.2) is 0 Å². The fourth-order valence-electron chi connectivity index (χ4n) is 2.54. The number of nitrogens with zero attached hydrogens (tertiary/aromatic N) is 1. The molecular formula is C15H15NO3S. The number of aliphatic hydroxyl groups is 1. The maximum Gasteiger partial charge on any atom is 0.264 e. The van der Waals surface area contributed by atoms with Gasteiger partial charge in [0, 0.05) is 18.2 Å². The Bertz CT molecular complexity index is 783. The number of sulfonamides is 1. The van der Waals surface area contributed by atoms with Crippen LogP contribution < -0.4 is 4.31 Å². The van der Waals surface area contributed by atoms with Gasteiger partial charge in [-0.05, 0) is 24.6 Å². The molecule has 1 N–H and O–H groups in total. The van der Waals surface area contributed by atoms with Crippen molar-refractivity contribution in [2.45, 2.75) is 17.9 Å². The number of rotatable bonds is 0. The van der Waals surface area contributed by atoms with Gasteiger partial charge in [-0.25, -0.2) is 8.42 Å². The first-order chi connectivity index (χ1) is 9.43. The van der Waals surface area contributed by atoms with E-state index in [2.05, 4.69) is 0 Å². The van der Waals surface area contributed by atoms with Gasteiger partial charge in [0.1, 0.15) is 6.10 Å². The second kappa shape index (κ2) is 4.33. The molecule has 1 heterocycles. The van der Waals surface area contributed by atoms with E-state index in [1.807, 2.05) is 13.0 Å². The molecule has 0 radical (unpaired) electrons. The van der Waals surface area contributed by atoms with Crippen LogP contribution in [0.15, 0.2) is 47.4 Å². The Kier molecular flexibility index (Phi) is 2.84. The van der Waals surface area contributed by atoms with E-state index < -0.39 is 16.1 Å². The van der Waals surface area contributed by atoms with Crippen molar-refractivity contribution in [1.29, 1.82) is 0 Å². The molecule has 0 spiro atoms. The number of aliphatic hydroxyl groups excluding tert-OH is 1. The third kappa shape index (κ3) is 1.74. The van der Waals surface area contributed by atoms with Gasteiger partial charge in [-0.3, -0.25) is 4.31 Å². The quantitative estimate of drug-likeness (QED) is 0.809. The Morgan fingerprint density at radius 1 is 1.10 bits per heavy atom. The average Bonchev–Trinajstić information content (AvgIpc) is 2.50. The molecule has 4 nitrogen and oxygen atoms in total. The summed E-state index contributed by atoms with van der Waals surface area (Å²) in [4.78, 5) is 0.170. The van der Waals surface area contributed by atoms with E-state index in [0.717, 1.165) is 5.56 Å². The van der Waals surface area contributed by atoms with E-state index in [1.54, 1.807) is 36.4 Å². The summed E-state index contributed by atoms with van der Waals surface area (Å²) in [6, 6.07) is 12.1. The molecule has 1 aliphatic rings. The number of para-hydroxylation sites is 1. The van der Waals surface area contributed by atoms with Gasteiger partial charge in [0.25, 0.3) is 10.0 Å². The van der Waals surface area contributed by atoms with E-state index in [1.165, 1.54) is 11.4 Å². The Morgan fingerprint density at radius 3 is 2.55 bits per heavy atom. The minimum atomic E-state index is -3.65. The van der Waals surface area contributed by atoms with E-state index in [0.29, 0.717) is 16.8 Å². The molecule has 1 aliphatic heterocycles. The number of benzene rings is 2. The lowest BCUT2D eigenvalue weighted by Crippen LogP contribution is -2.26. The van der Waals surface area contributed by atoms with Gasteiger partial charge in [-0.2, -0.15) is 0 Å². The first-order valence-corrected chi connectivity index (χ1v) is 7.73. The van der Waals surface area contributed by atoms with Crippen LogP contribution in [0.4, 0.5) is 5.69 Å². The minimum Gasteiger partial charge on any atom is -0.384 e. The van der Waals surface area contributed by atoms with Crippen LogP contribution in [0.25, 0.3) is 0 Å². The molecule has 2 aromatic rings. The first-order valence-electron chi connectivity index (χ1n) is 6.29. The van der Waals surface area contributed by atoms with Crippen molar-refractivity contribution < 1.29 is 13.5 Å². The predicted octanol–water partition coefficient (Wildman–Crippen LogP) is 2.22. The largest absolute Gasteiger partial charge is 0.384 e. The van der Waals surface area contributed by atoms with Gasteiger partial charge < -0.3 is 5.11 Å². The topological polar surface area (TPSA) is 57.6 Å². The van der Waals surface area contributed by atoms with Crippen LogP contribution in [0.3, 0.4) is 0 Å². The number of hydrogen-bond donors (Lipinski definition) is 1. The van der Waals surface area contributed by atoms with Crippen LogP contribution in [-0.4, -0.2) is 20.6 Å². The molecule has 0 saturated carbocycles. The van der Waals surface area contributed by atoms with Gasteiger partial charge >= 0.3 is 0 Å². The fraction of sp³-hybridized carbons (Fsp3) is 0.200. The third-order valence-electron chi connectivity index (χ3n) is 3.67. The van der Waals surface area contributed by atoms with Gasteiger partial charge in [0.2, 0.25) is 0 Å². The lowest BCUT2D eigenvalue weighted by molar-refractivity contribution is 0.218. The molecule has 0 amide bonds. The highest BCUT2D eigenvalue weighted by molar-refractivity contribution is 7.92. The van der Waals surface area contributed by atoms with E-state index in [9.17, 15) is 13.5 Å². The molecule has 3 rings (SSSR count). The molecule has 2 aromatic carbocycles. The smallest absolute Gasteiger partial charge is 0.264 e. The first kappa shape index (κ1) is 13.1.